The number of hydrogen-bond donors (Lipinski definition) is 2. The van der Waals surface area contributed by atoms with Crippen molar-refractivity contribution in [3.8, 4) is 0 Å². The molecule has 1 rings (SSSR count). The van der Waals surface area contributed by atoms with E-state index in [9.17, 15) is 19.8 Å². The first-order valence-electron chi connectivity index (χ1n) is 20.8. The van der Waals surface area contributed by atoms with Gasteiger partial charge in [-0.2, -0.15) is 0 Å². The molecule has 0 aliphatic rings. The lowest BCUT2D eigenvalue weighted by Crippen LogP contribution is -2.18. The Bertz CT molecular complexity index is 965. The summed E-state index contributed by atoms with van der Waals surface area (Å²) in [7, 11) is 0. The molecule has 0 aliphatic carbocycles. The number of aromatic carboxylic acids is 2. The molecular weight excluding hydrogens is 592 g/mol. The lowest BCUT2D eigenvalue weighted by atomic mass is 9.76. The van der Waals surface area contributed by atoms with Crippen LogP contribution in [-0.2, 0) is 0 Å². The predicted octanol–water partition coefficient (Wildman–Crippen LogP) is 14.7. The van der Waals surface area contributed by atoms with Crippen LogP contribution in [0.4, 0.5) is 0 Å². The van der Waals surface area contributed by atoms with Crippen LogP contribution in [-0.4, -0.2) is 22.2 Å². The van der Waals surface area contributed by atoms with Gasteiger partial charge in [-0.15, -0.1) is 0 Å². The lowest BCUT2D eigenvalue weighted by Gasteiger charge is -2.28. The number of carboxylic acid groups (broad SMARTS) is 2. The van der Waals surface area contributed by atoms with Crippen LogP contribution in [0.1, 0.15) is 252 Å². The smallest absolute Gasteiger partial charge is 0.336 e. The zero-order valence-corrected chi connectivity index (χ0v) is 32.6. The number of carboxylic acids is 2. The standard InChI is InChI=1S/C44H78O4/c1-7-9-11-13-15-17-23-29-37(30-25-19-21-27-35(3)4)39-33-34-40(43(45)46)42(44(47)48)41(39)38(32-26-20-22-28-36(5)6)31-24-18-16-14-12-10-8-2/h33-38H,7-32H2,1-6H3,(H,45,46)(H,47,48). The van der Waals surface area contributed by atoms with E-state index in [1.54, 1.807) is 6.07 Å². The SMILES string of the molecule is CCCCCCCCCC(CCCCCC(C)C)c1ccc(C(=O)O)c(C(=O)O)c1C(CCCCCCCCC)CCCCCC(C)C. The van der Waals surface area contributed by atoms with Gasteiger partial charge < -0.3 is 10.2 Å². The minimum Gasteiger partial charge on any atom is -0.478 e. The van der Waals surface area contributed by atoms with Gasteiger partial charge in [0.2, 0.25) is 0 Å². The maximum Gasteiger partial charge on any atom is 0.336 e. The van der Waals surface area contributed by atoms with Crippen molar-refractivity contribution in [2.45, 2.75) is 220 Å². The van der Waals surface area contributed by atoms with Crippen molar-refractivity contribution >= 4 is 11.9 Å². The molecule has 2 atom stereocenters. The highest BCUT2D eigenvalue weighted by atomic mass is 16.4. The van der Waals surface area contributed by atoms with E-state index in [4.69, 9.17) is 0 Å². The van der Waals surface area contributed by atoms with Gasteiger partial charge in [0.15, 0.2) is 0 Å². The zero-order chi connectivity index (χ0) is 35.6. The maximum atomic E-state index is 13.0. The fourth-order valence-corrected chi connectivity index (χ4v) is 7.66. The van der Waals surface area contributed by atoms with E-state index in [-0.39, 0.29) is 23.0 Å². The van der Waals surface area contributed by atoms with Gasteiger partial charge in [-0.1, -0.05) is 189 Å². The van der Waals surface area contributed by atoms with Crippen LogP contribution < -0.4 is 0 Å². The molecule has 1 aromatic carbocycles. The molecule has 0 fully saturated rings. The van der Waals surface area contributed by atoms with E-state index in [1.807, 2.05) is 6.07 Å². The molecule has 2 unspecified atom stereocenters. The molecule has 0 aromatic heterocycles. The molecule has 4 heteroatoms. The Kier molecular flexibility index (Phi) is 25.7. The van der Waals surface area contributed by atoms with E-state index < -0.39 is 11.9 Å². The Labute approximate surface area is 297 Å². The number of unbranched alkanes of at least 4 members (excludes halogenated alkanes) is 16. The molecule has 2 N–H and O–H groups in total. The molecule has 0 spiro atoms. The summed E-state index contributed by atoms with van der Waals surface area (Å²) in [6.07, 6.45) is 30.9. The van der Waals surface area contributed by atoms with Crippen molar-refractivity contribution in [3.05, 3.63) is 34.4 Å². The molecule has 4 nitrogen and oxygen atoms in total. The fourth-order valence-electron chi connectivity index (χ4n) is 7.66. The van der Waals surface area contributed by atoms with Crippen LogP contribution in [0.3, 0.4) is 0 Å². The van der Waals surface area contributed by atoms with Gasteiger partial charge in [0.25, 0.3) is 0 Å². The highest BCUT2D eigenvalue weighted by Gasteiger charge is 2.30. The highest BCUT2D eigenvalue weighted by molar-refractivity contribution is 6.03. The average molecular weight is 671 g/mol. The van der Waals surface area contributed by atoms with Crippen molar-refractivity contribution in [1.82, 2.24) is 0 Å². The molecule has 0 saturated carbocycles. The number of benzene rings is 1. The average Bonchev–Trinajstić information content (AvgIpc) is 3.04. The summed E-state index contributed by atoms with van der Waals surface area (Å²) in [6, 6.07) is 3.66. The Morgan fingerprint density at radius 2 is 0.833 bits per heavy atom. The summed E-state index contributed by atoms with van der Waals surface area (Å²) in [4.78, 5) is 25.5. The minimum atomic E-state index is -1.12. The van der Waals surface area contributed by atoms with Crippen molar-refractivity contribution in [3.63, 3.8) is 0 Å². The summed E-state index contributed by atoms with van der Waals surface area (Å²) in [6.45, 7) is 13.7. The van der Waals surface area contributed by atoms with Crippen molar-refractivity contribution in [1.29, 1.82) is 0 Å². The van der Waals surface area contributed by atoms with E-state index in [0.717, 1.165) is 74.8 Å². The van der Waals surface area contributed by atoms with E-state index in [0.29, 0.717) is 5.92 Å². The Balaban J connectivity index is 3.45. The van der Waals surface area contributed by atoms with Crippen molar-refractivity contribution < 1.29 is 19.8 Å². The third kappa shape index (κ3) is 19.4. The molecule has 0 heterocycles. The van der Waals surface area contributed by atoms with Gasteiger partial charge in [0.05, 0.1) is 11.1 Å². The quantitative estimate of drug-likeness (QED) is 0.0748. The fraction of sp³-hybridized carbons (Fsp3) is 0.818. The van der Waals surface area contributed by atoms with Gasteiger partial charge in [0.1, 0.15) is 0 Å². The Morgan fingerprint density at radius 3 is 1.21 bits per heavy atom. The third-order valence-electron chi connectivity index (χ3n) is 10.6. The molecule has 278 valence electrons. The van der Waals surface area contributed by atoms with Crippen LogP contribution in [0.2, 0.25) is 0 Å². The number of hydrogen-bond acceptors (Lipinski definition) is 2. The van der Waals surface area contributed by atoms with Gasteiger partial charge in [-0.3, -0.25) is 0 Å². The largest absolute Gasteiger partial charge is 0.478 e. The van der Waals surface area contributed by atoms with Crippen LogP contribution in [0.5, 0.6) is 0 Å². The highest BCUT2D eigenvalue weighted by Crippen LogP contribution is 2.41. The lowest BCUT2D eigenvalue weighted by molar-refractivity contribution is 0.0649. The molecule has 1 aromatic rings. The van der Waals surface area contributed by atoms with Crippen molar-refractivity contribution in [2.24, 2.45) is 11.8 Å². The summed E-state index contributed by atoms with van der Waals surface area (Å²) in [5.41, 5.74) is 2.09. The van der Waals surface area contributed by atoms with E-state index in [1.165, 1.54) is 109 Å². The molecule has 0 bridgehead atoms. The van der Waals surface area contributed by atoms with Gasteiger partial charge in [-0.05, 0) is 66.5 Å². The second-order valence-electron chi connectivity index (χ2n) is 15.9. The van der Waals surface area contributed by atoms with Crippen LogP contribution in [0.15, 0.2) is 12.1 Å². The zero-order valence-electron chi connectivity index (χ0n) is 32.6. The van der Waals surface area contributed by atoms with Gasteiger partial charge in [0, 0.05) is 0 Å². The molecular formula is C44H78O4. The molecule has 48 heavy (non-hydrogen) atoms. The van der Waals surface area contributed by atoms with Crippen molar-refractivity contribution in [2.75, 3.05) is 0 Å². The van der Waals surface area contributed by atoms with Gasteiger partial charge in [-0.25, -0.2) is 9.59 Å². The maximum absolute atomic E-state index is 13.0. The normalized spacial score (nSPS) is 13.0. The summed E-state index contributed by atoms with van der Waals surface area (Å²) in [5.74, 6) is -0.399. The molecule has 0 amide bonds. The first-order valence-corrected chi connectivity index (χ1v) is 20.8. The molecule has 0 aliphatic heterocycles. The van der Waals surface area contributed by atoms with E-state index >= 15 is 0 Å². The number of rotatable bonds is 32. The molecule has 0 saturated heterocycles. The minimum absolute atomic E-state index is 0.0303. The second-order valence-corrected chi connectivity index (χ2v) is 15.9. The monoisotopic (exact) mass is 671 g/mol. The van der Waals surface area contributed by atoms with Crippen LogP contribution >= 0.6 is 0 Å². The first-order chi connectivity index (χ1) is 23.1. The summed E-state index contributed by atoms with van der Waals surface area (Å²) in [5, 5.41) is 20.9. The summed E-state index contributed by atoms with van der Waals surface area (Å²) >= 11 is 0. The Morgan fingerprint density at radius 1 is 0.479 bits per heavy atom. The van der Waals surface area contributed by atoms with Gasteiger partial charge >= 0.3 is 11.9 Å². The Hall–Kier alpha value is -1.84. The topological polar surface area (TPSA) is 74.6 Å². The van der Waals surface area contributed by atoms with Crippen LogP contribution in [0.25, 0.3) is 0 Å². The molecule has 0 radical (unpaired) electrons. The third-order valence-corrected chi connectivity index (χ3v) is 10.6. The predicted molar refractivity (Wildman–Crippen MR) is 207 cm³/mol. The van der Waals surface area contributed by atoms with Crippen LogP contribution in [0, 0.1) is 11.8 Å². The van der Waals surface area contributed by atoms with E-state index in [2.05, 4.69) is 41.5 Å². The second kappa shape index (κ2) is 27.9. The summed E-state index contributed by atoms with van der Waals surface area (Å²) < 4.78 is 0. The first kappa shape index (κ1) is 44.2. The number of carbonyl (C=O) groups is 2.